The molecule has 6 heteroatoms. The molecule has 3 nitrogen and oxygen atoms in total. The predicted molar refractivity (Wildman–Crippen MR) is 90.6 cm³/mol. The number of hydrogen-bond donors (Lipinski definition) is 0. The molecule has 0 aliphatic heterocycles. The Labute approximate surface area is 142 Å². The van der Waals surface area contributed by atoms with Crippen LogP contribution in [0.1, 0.15) is 5.56 Å². The van der Waals surface area contributed by atoms with Crippen LogP contribution in [0.15, 0.2) is 59.5 Å². The summed E-state index contributed by atoms with van der Waals surface area (Å²) in [6.45, 7) is 0.392. The first-order valence-electron chi connectivity index (χ1n) is 6.53. The summed E-state index contributed by atoms with van der Waals surface area (Å²) in [6, 6.07) is 13.9. The van der Waals surface area contributed by atoms with Gasteiger partial charge in [0.15, 0.2) is 0 Å². The Hall–Kier alpha value is -1.68. The molecule has 0 aliphatic rings. The molecule has 0 unspecified atom stereocenters. The maximum Gasteiger partial charge on any atom is 0.271 e. The lowest BCUT2D eigenvalue weighted by molar-refractivity contribution is 0.593. The van der Waals surface area contributed by atoms with Crippen molar-refractivity contribution < 1.29 is 0 Å². The summed E-state index contributed by atoms with van der Waals surface area (Å²) in [4.78, 5) is 12.1. The Morgan fingerprint density at radius 2 is 1.50 bits per heavy atom. The summed E-state index contributed by atoms with van der Waals surface area (Å²) >= 11 is 18.3. The fourth-order valence-electron chi connectivity index (χ4n) is 2.24. The van der Waals surface area contributed by atoms with Crippen molar-refractivity contribution in [3.63, 3.8) is 0 Å². The van der Waals surface area contributed by atoms with E-state index in [0.717, 1.165) is 11.3 Å². The highest BCUT2D eigenvalue weighted by molar-refractivity contribution is 6.36. The van der Waals surface area contributed by atoms with Gasteiger partial charge in [-0.3, -0.25) is 9.48 Å². The molecule has 0 radical (unpaired) electrons. The van der Waals surface area contributed by atoms with Gasteiger partial charge in [0.25, 0.3) is 5.56 Å². The Kier molecular flexibility index (Phi) is 4.30. The number of hydrogen-bond acceptors (Lipinski definition) is 1. The maximum absolute atomic E-state index is 12.1. The van der Waals surface area contributed by atoms with E-state index >= 15 is 0 Å². The van der Waals surface area contributed by atoms with Crippen LogP contribution in [0, 0.1) is 0 Å². The van der Waals surface area contributed by atoms with Crippen molar-refractivity contribution in [1.29, 1.82) is 0 Å². The summed E-state index contributed by atoms with van der Waals surface area (Å²) < 4.78 is 3.31. The molecule has 0 spiro atoms. The third-order valence-corrected chi connectivity index (χ3v) is 4.27. The molecule has 0 saturated carbocycles. The molecule has 22 heavy (non-hydrogen) atoms. The van der Waals surface area contributed by atoms with Gasteiger partial charge in [-0.15, -0.1) is 0 Å². The maximum atomic E-state index is 12.1. The largest absolute Gasteiger partial charge is 0.281 e. The monoisotopic (exact) mass is 352 g/mol. The fourth-order valence-corrected chi connectivity index (χ4v) is 2.88. The highest BCUT2D eigenvalue weighted by Crippen LogP contribution is 2.25. The van der Waals surface area contributed by atoms with Gasteiger partial charge < -0.3 is 0 Å². The van der Waals surface area contributed by atoms with Crippen molar-refractivity contribution in [2.75, 3.05) is 0 Å². The zero-order valence-electron chi connectivity index (χ0n) is 11.3. The summed E-state index contributed by atoms with van der Waals surface area (Å²) in [5, 5.41) is 1.75. The van der Waals surface area contributed by atoms with Gasteiger partial charge in [-0.2, -0.15) is 0 Å². The van der Waals surface area contributed by atoms with E-state index in [2.05, 4.69) is 0 Å². The van der Waals surface area contributed by atoms with Crippen LogP contribution in [0.5, 0.6) is 0 Å². The van der Waals surface area contributed by atoms with E-state index < -0.39 is 0 Å². The van der Waals surface area contributed by atoms with Crippen LogP contribution in [0.4, 0.5) is 0 Å². The molecule has 1 aromatic heterocycles. The minimum absolute atomic E-state index is 0.134. The van der Waals surface area contributed by atoms with E-state index in [1.807, 2.05) is 0 Å². The molecule has 0 aliphatic carbocycles. The van der Waals surface area contributed by atoms with Crippen LogP contribution < -0.4 is 5.56 Å². The second-order valence-corrected chi connectivity index (χ2v) is 5.99. The first-order chi connectivity index (χ1) is 10.6. The minimum atomic E-state index is -0.134. The normalized spacial score (nSPS) is 10.9. The van der Waals surface area contributed by atoms with Crippen molar-refractivity contribution in [2.24, 2.45) is 0 Å². The number of nitrogens with zero attached hydrogens (tertiary/aromatic N) is 2. The van der Waals surface area contributed by atoms with Crippen LogP contribution in [-0.4, -0.2) is 9.36 Å². The standard InChI is InChI=1S/C16H11Cl3N2O/c17-11-4-6-12(7-5-11)21-16(22)8-9-20(21)10-13-14(18)2-1-3-15(13)19/h1-9H,10H2. The Morgan fingerprint density at radius 3 is 2.14 bits per heavy atom. The van der Waals surface area contributed by atoms with Gasteiger partial charge in [-0.1, -0.05) is 40.9 Å². The van der Waals surface area contributed by atoms with Crippen molar-refractivity contribution in [3.05, 3.63) is 85.7 Å². The zero-order valence-corrected chi connectivity index (χ0v) is 13.6. The van der Waals surface area contributed by atoms with Crippen LogP contribution in [-0.2, 0) is 6.54 Å². The summed E-state index contributed by atoms with van der Waals surface area (Å²) in [6.07, 6.45) is 1.70. The number of halogens is 3. The lowest BCUT2D eigenvalue weighted by Gasteiger charge is -2.14. The van der Waals surface area contributed by atoms with Gasteiger partial charge >= 0.3 is 0 Å². The van der Waals surface area contributed by atoms with E-state index in [-0.39, 0.29) is 5.56 Å². The molecule has 1 heterocycles. The predicted octanol–water partition coefficient (Wildman–Crippen LogP) is 4.65. The molecule has 3 aromatic rings. The molecule has 0 bridgehead atoms. The second kappa shape index (κ2) is 6.21. The summed E-state index contributed by atoms with van der Waals surface area (Å²) in [7, 11) is 0. The van der Waals surface area contributed by atoms with Crippen molar-refractivity contribution in [1.82, 2.24) is 9.36 Å². The Bertz CT molecular complexity index is 846. The zero-order chi connectivity index (χ0) is 15.7. The highest BCUT2D eigenvalue weighted by Gasteiger charge is 2.11. The topological polar surface area (TPSA) is 26.9 Å². The molecule has 112 valence electrons. The molecule has 0 saturated heterocycles. The number of rotatable bonds is 3. The number of aromatic nitrogens is 2. The molecule has 0 amide bonds. The van der Waals surface area contributed by atoms with Crippen molar-refractivity contribution in [3.8, 4) is 5.69 Å². The average molecular weight is 354 g/mol. The van der Waals surface area contributed by atoms with Crippen LogP contribution in [0.25, 0.3) is 5.69 Å². The molecule has 0 fully saturated rings. The SMILES string of the molecule is O=c1ccn(Cc2c(Cl)cccc2Cl)n1-c1ccc(Cl)cc1. The van der Waals surface area contributed by atoms with Gasteiger partial charge in [0, 0.05) is 32.9 Å². The van der Waals surface area contributed by atoms with E-state index in [1.54, 1.807) is 58.0 Å². The molecule has 2 aromatic carbocycles. The minimum Gasteiger partial charge on any atom is -0.281 e. The van der Waals surface area contributed by atoms with E-state index in [9.17, 15) is 4.79 Å². The van der Waals surface area contributed by atoms with E-state index in [0.29, 0.717) is 21.6 Å². The summed E-state index contributed by atoms with van der Waals surface area (Å²) in [5.41, 5.74) is 1.36. The molecular formula is C16H11Cl3N2O. The number of benzene rings is 2. The molecule has 0 N–H and O–H groups in total. The van der Waals surface area contributed by atoms with Crippen LogP contribution in [0.2, 0.25) is 15.1 Å². The smallest absolute Gasteiger partial charge is 0.271 e. The average Bonchev–Trinajstić information content (AvgIpc) is 2.85. The first kappa shape index (κ1) is 15.2. The van der Waals surface area contributed by atoms with E-state index in [4.69, 9.17) is 34.8 Å². The van der Waals surface area contributed by atoms with Gasteiger partial charge in [-0.05, 0) is 36.4 Å². The molecule has 3 rings (SSSR count). The second-order valence-electron chi connectivity index (χ2n) is 4.74. The Balaban J connectivity index is 2.06. The first-order valence-corrected chi connectivity index (χ1v) is 7.67. The van der Waals surface area contributed by atoms with Crippen molar-refractivity contribution >= 4 is 34.8 Å². The van der Waals surface area contributed by atoms with Crippen LogP contribution >= 0.6 is 34.8 Å². The fraction of sp³-hybridized carbons (Fsp3) is 0.0625. The van der Waals surface area contributed by atoms with Crippen molar-refractivity contribution in [2.45, 2.75) is 6.54 Å². The molecular weight excluding hydrogens is 343 g/mol. The lowest BCUT2D eigenvalue weighted by atomic mass is 10.2. The molecule has 0 atom stereocenters. The summed E-state index contributed by atoms with van der Waals surface area (Å²) in [5.74, 6) is 0. The Morgan fingerprint density at radius 1 is 0.864 bits per heavy atom. The third-order valence-electron chi connectivity index (χ3n) is 3.31. The quantitative estimate of drug-likeness (QED) is 0.673. The van der Waals surface area contributed by atoms with Gasteiger partial charge in [0.2, 0.25) is 0 Å². The third kappa shape index (κ3) is 2.93. The van der Waals surface area contributed by atoms with Gasteiger partial charge in [0.1, 0.15) is 0 Å². The lowest BCUT2D eigenvalue weighted by Crippen LogP contribution is -2.21. The van der Waals surface area contributed by atoms with Gasteiger partial charge in [-0.25, -0.2) is 4.68 Å². The van der Waals surface area contributed by atoms with E-state index in [1.165, 1.54) is 6.07 Å². The highest BCUT2D eigenvalue weighted by atomic mass is 35.5. The van der Waals surface area contributed by atoms with Crippen LogP contribution in [0.3, 0.4) is 0 Å². The van der Waals surface area contributed by atoms with Gasteiger partial charge in [0.05, 0.1) is 12.2 Å².